The topological polar surface area (TPSA) is 41.1 Å². The zero-order valence-electron chi connectivity index (χ0n) is 11.0. The van der Waals surface area contributed by atoms with Crippen LogP contribution in [0.5, 0.6) is 0 Å². The lowest BCUT2D eigenvalue weighted by Gasteiger charge is -2.07. The molecule has 0 heterocycles. The van der Waals surface area contributed by atoms with E-state index in [1.54, 1.807) is 0 Å². The van der Waals surface area contributed by atoms with Crippen LogP contribution in [0.15, 0.2) is 24.3 Å². The van der Waals surface area contributed by atoms with Crippen LogP contribution in [0, 0.1) is 5.92 Å². The van der Waals surface area contributed by atoms with Crippen molar-refractivity contribution in [3.63, 3.8) is 0 Å². The highest BCUT2D eigenvalue weighted by Gasteiger charge is 2.20. The summed E-state index contributed by atoms with van der Waals surface area (Å²) in [6, 6.07) is 8.11. The number of carbonyl (C=O) groups is 1. The summed E-state index contributed by atoms with van der Waals surface area (Å²) in [5.74, 6) is 0.852. The molecule has 1 aliphatic carbocycles. The normalized spacial score (nSPS) is 14.5. The molecule has 3 nitrogen and oxygen atoms in total. The fourth-order valence-electron chi connectivity index (χ4n) is 1.96. The second-order valence-electron chi connectivity index (χ2n) is 5.07. The monoisotopic (exact) mass is 246 g/mol. The molecule has 1 amide bonds. The Morgan fingerprint density at radius 2 is 2.00 bits per heavy atom. The third-order valence-electron chi connectivity index (χ3n) is 3.19. The van der Waals surface area contributed by atoms with E-state index in [4.69, 9.17) is 0 Å². The standard InChI is InChI=1S/C15H22N2O/c1-2-3-12-6-8-14(9-7-12)17-15(18)11-16-10-13-4-5-13/h6-9,13,16H,2-5,10-11H2,1H3,(H,17,18). The minimum Gasteiger partial charge on any atom is -0.325 e. The van der Waals surface area contributed by atoms with Gasteiger partial charge in [-0.2, -0.15) is 0 Å². The van der Waals surface area contributed by atoms with E-state index in [1.165, 1.54) is 18.4 Å². The van der Waals surface area contributed by atoms with Gasteiger partial charge in [0.1, 0.15) is 0 Å². The first kappa shape index (κ1) is 13.1. The van der Waals surface area contributed by atoms with Gasteiger partial charge in [-0.15, -0.1) is 0 Å². The van der Waals surface area contributed by atoms with Crippen LogP contribution >= 0.6 is 0 Å². The Labute approximate surface area is 109 Å². The number of hydrogen-bond donors (Lipinski definition) is 2. The van der Waals surface area contributed by atoms with Crippen LogP contribution in [-0.2, 0) is 11.2 Å². The SMILES string of the molecule is CCCc1ccc(NC(=O)CNCC2CC2)cc1. The van der Waals surface area contributed by atoms with Gasteiger partial charge < -0.3 is 10.6 Å². The predicted octanol–water partition coefficient (Wildman–Crippen LogP) is 2.58. The van der Waals surface area contributed by atoms with Gasteiger partial charge in [0.05, 0.1) is 6.54 Å². The van der Waals surface area contributed by atoms with E-state index in [0.29, 0.717) is 6.54 Å². The fourth-order valence-corrected chi connectivity index (χ4v) is 1.96. The van der Waals surface area contributed by atoms with E-state index in [-0.39, 0.29) is 5.91 Å². The molecule has 0 radical (unpaired) electrons. The Hall–Kier alpha value is -1.35. The van der Waals surface area contributed by atoms with Crippen molar-refractivity contribution in [2.45, 2.75) is 32.6 Å². The van der Waals surface area contributed by atoms with Crippen molar-refractivity contribution >= 4 is 11.6 Å². The third-order valence-corrected chi connectivity index (χ3v) is 3.19. The Morgan fingerprint density at radius 3 is 2.61 bits per heavy atom. The molecule has 0 aliphatic heterocycles. The average molecular weight is 246 g/mol. The summed E-state index contributed by atoms with van der Waals surface area (Å²) < 4.78 is 0. The van der Waals surface area contributed by atoms with E-state index in [1.807, 2.05) is 12.1 Å². The molecule has 0 aromatic heterocycles. The van der Waals surface area contributed by atoms with E-state index in [9.17, 15) is 4.79 Å². The summed E-state index contributed by atoms with van der Waals surface area (Å²) >= 11 is 0. The van der Waals surface area contributed by atoms with Crippen molar-refractivity contribution in [2.24, 2.45) is 5.92 Å². The minimum atomic E-state index is 0.0406. The quantitative estimate of drug-likeness (QED) is 0.776. The van der Waals surface area contributed by atoms with Crippen molar-refractivity contribution in [1.82, 2.24) is 5.32 Å². The molecule has 2 rings (SSSR count). The summed E-state index contributed by atoms with van der Waals surface area (Å²) in [7, 11) is 0. The molecule has 0 spiro atoms. The van der Waals surface area contributed by atoms with E-state index < -0.39 is 0 Å². The van der Waals surface area contributed by atoms with E-state index in [2.05, 4.69) is 29.7 Å². The van der Waals surface area contributed by atoms with Crippen LogP contribution in [0.25, 0.3) is 0 Å². The molecule has 1 aromatic rings. The van der Waals surface area contributed by atoms with Gasteiger partial charge in [-0.3, -0.25) is 4.79 Å². The summed E-state index contributed by atoms with van der Waals surface area (Å²) in [5.41, 5.74) is 2.20. The van der Waals surface area contributed by atoms with Gasteiger partial charge in [0, 0.05) is 5.69 Å². The Morgan fingerprint density at radius 1 is 1.28 bits per heavy atom. The van der Waals surface area contributed by atoms with Crippen LogP contribution in [0.4, 0.5) is 5.69 Å². The summed E-state index contributed by atoms with van der Waals surface area (Å²) in [4.78, 5) is 11.7. The molecule has 0 atom stereocenters. The van der Waals surface area contributed by atoms with Crippen LogP contribution in [-0.4, -0.2) is 19.0 Å². The van der Waals surface area contributed by atoms with Crippen molar-refractivity contribution in [2.75, 3.05) is 18.4 Å². The molecule has 1 fully saturated rings. The molecule has 3 heteroatoms. The number of aryl methyl sites for hydroxylation is 1. The van der Waals surface area contributed by atoms with E-state index in [0.717, 1.165) is 31.0 Å². The Bertz CT molecular complexity index is 382. The molecule has 98 valence electrons. The fraction of sp³-hybridized carbons (Fsp3) is 0.533. The Balaban J connectivity index is 1.71. The molecular weight excluding hydrogens is 224 g/mol. The molecule has 18 heavy (non-hydrogen) atoms. The lowest BCUT2D eigenvalue weighted by atomic mass is 10.1. The highest BCUT2D eigenvalue weighted by Crippen LogP contribution is 2.27. The number of rotatable bonds is 7. The highest BCUT2D eigenvalue weighted by atomic mass is 16.1. The van der Waals surface area contributed by atoms with Gasteiger partial charge in [0.2, 0.25) is 5.91 Å². The zero-order valence-corrected chi connectivity index (χ0v) is 11.0. The smallest absolute Gasteiger partial charge is 0.238 e. The van der Waals surface area contributed by atoms with Crippen LogP contribution < -0.4 is 10.6 Å². The van der Waals surface area contributed by atoms with Crippen LogP contribution in [0.1, 0.15) is 31.7 Å². The van der Waals surface area contributed by atoms with Gasteiger partial charge in [0.25, 0.3) is 0 Å². The molecule has 1 aliphatic rings. The summed E-state index contributed by atoms with van der Waals surface area (Å²) in [6.07, 6.45) is 4.87. The van der Waals surface area contributed by atoms with Crippen LogP contribution in [0.2, 0.25) is 0 Å². The number of hydrogen-bond acceptors (Lipinski definition) is 2. The number of anilines is 1. The van der Waals surface area contributed by atoms with Crippen molar-refractivity contribution in [3.8, 4) is 0 Å². The lowest BCUT2D eigenvalue weighted by molar-refractivity contribution is -0.115. The number of carbonyl (C=O) groups excluding carboxylic acids is 1. The maximum absolute atomic E-state index is 11.7. The highest BCUT2D eigenvalue weighted by molar-refractivity contribution is 5.92. The molecule has 1 aromatic carbocycles. The third kappa shape index (κ3) is 4.49. The van der Waals surface area contributed by atoms with Gasteiger partial charge in [0.15, 0.2) is 0 Å². The van der Waals surface area contributed by atoms with Gasteiger partial charge in [-0.05, 0) is 49.4 Å². The lowest BCUT2D eigenvalue weighted by Crippen LogP contribution is -2.29. The van der Waals surface area contributed by atoms with Crippen molar-refractivity contribution in [3.05, 3.63) is 29.8 Å². The Kier molecular flexibility index (Phi) is 4.76. The van der Waals surface area contributed by atoms with Gasteiger partial charge >= 0.3 is 0 Å². The molecule has 0 saturated heterocycles. The average Bonchev–Trinajstić information content (AvgIpc) is 3.16. The second kappa shape index (κ2) is 6.55. The molecule has 0 unspecified atom stereocenters. The zero-order chi connectivity index (χ0) is 12.8. The molecular formula is C15H22N2O. The second-order valence-corrected chi connectivity index (χ2v) is 5.07. The molecule has 0 bridgehead atoms. The van der Waals surface area contributed by atoms with Crippen molar-refractivity contribution in [1.29, 1.82) is 0 Å². The molecule has 1 saturated carbocycles. The van der Waals surface area contributed by atoms with Crippen molar-refractivity contribution < 1.29 is 4.79 Å². The van der Waals surface area contributed by atoms with Crippen LogP contribution in [0.3, 0.4) is 0 Å². The predicted molar refractivity (Wildman–Crippen MR) is 74.7 cm³/mol. The van der Waals surface area contributed by atoms with Gasteiger partial charge in [-0.1, -0.05) is 25.5 Å². The number of benzene rings is 1. The first-order valence-electron chi connectivity index (χ1n) is 6.87. The molecule has 2 N–H and O–H groups in total. The summed E-state index contributed by atoms with van der Waals surface area (Å²) in [5, 5.41) is 6.09. The number of amides is 1. The largest absolute Gasteiger partial charge is 0.325 e. The number of nitrogens with one attached hydrogen (secondary N) is 2. The maximum Gasteiger partial charge on any atom is 0.238 e. The van der Waals surface area contributed by atoms with Gasteiger partial charge in [-0.25, -0.2) is 0 Å². The van der Waals surface area contributed by atoms with E-state index >= 15 is 0 Å². The summed E-state index contributed by atoms with van der Waals surface area (Å²) in [6.45, 7) is 3.55. The maximum atomic E-state index is 11.7. The minimum absolute atomic E-state index is 0.0406. The first-order valence-corrected chi connectivity index (χ1v) is 6.87. The first-order chi connectivity index (χ1) is 8.78.